The minimum absolute atomic E-state index is 0.185. The average Bonchev–Trinajstić information content (AvgIpc) is 2.68. The Morgan fingerprint density at radius 3 is 2.21 bits per heavy atom. The van der Waals surface area contributed by atoms with Gasteiger partial charge < -0.3 is 10.2 Å². The molecule has 0 saturated carbocycles. The predicted octanol–water partition coefficient (Wildman–Crippen LogP) is 3.40. The van der Waals surface area contributed by atoms with Gasteiger partial charge in [0.1, 0.15) is 12.6 Å². The summed E-state index contributed by atoms with van der Waals surface area (Å²) in [7, 11) is -3.74. The summed E-state index contributed by atoms with van der Waals surface area (Å²) in [4.78, 5) is 27.9. The smallest absolute Gasteiger partial charge is 0.244 e. The number of nitrogens with one attached hydrogen (secondary N) is 1. The van der Waals surface area contributed by atoms with E-state index in [1.54, 1.807) is 32.0 Å². The van der Waals surface area contributed by atoms with E-state index in [-0.39, 0.29) is 12.5 Å². The lowest BCUT2D eigenvalue weighted by Crippen LogP contribution is -2.54. The lowest BCUT2D eigenvalue weighted by molar-refractivity contribution is -0.140. The first-order chi connectivity index (χ1) is 15.2. The third kappa shape index (κ3) is 7.60. The fraction of sp³-hybridized carbons (Fsp3) is 0.440. The van der Waals surface area contributed by atoms with Gasteiger partial charge in [-0.3, -0.25) is 13.9 Å². The molecule has 2 rings (SSSR count). The van der Waals surface area contributed by atoms with Crippen LogP contribution in [0.25, 0.3) is 0 Å². The van der Waals surface area contributed by atoms with Crippen molar-refractivity contribution in [3.05, 3.63) is 65.2 Å². The molecule has 33 heavy (non-hydrogen) atoms. The van der Waals surface area contributed by atoms with Crippen molar-refractivity contribution in [1.29, 1.82) is 0 Å². The van der Waals surface area contributed by atoms with Gasteiger partial charge in [-0.15, -0.1) is 0 Å². The zero-order valence-electron chi connectivity index (χ0n) is 20.5. The number of nitrogens with zero attached hydrogens (tertiary/aromatic N) is 2. The molecule has 8 heteroatoms. The highest BCUT2D eigenvalue weighted by Gasteiger charge is 2.31. The van der Waals surface area contributed by atoms with E-state index >= 15 is 0 Å². The number of carbonyl (C=O) groups excluding carboxylic acids is 2. The minimum Gasteiger partial charge on any atom is -0.350 e. The number of hydrogen-bond donors (Lipinski definition) is 1. The zero-order valence-corrected chi connectivity index (χ0v) is 21.4. The molecule has 0 aliphatic heterocycles. The Morgan fingerprint density at radius 2 is 1.67 bits per heavy atom. The molecule has 7 nitrogen and oxygen atoms in total. The molecular weight excluding hydrogens is 438 g/mol. The Balaban J connectivity index is 2.42. The van der Waals surface area contributed by atoms with Crippen molar-refractivity contribution in [1.82, 2.24) is 10.2 Å². The highest BCUT2D eigenvalue weighted by atomic mass is 32.2. The average molecular weight is 474 g/mol. The summed E-state index contributed by atoms with van der Waals surface area (Å²) in [5.74, 6) is -0.757. The Labute approximate surface area is 197 Å². The van der Waals surface area contributed by atoms with Gasteiger partial charge in [0.2, 0.25) is 21.8 Å². The number of anilines is 1. The van der Waals surface area contributed by atoms with E-state index in [1.165, 1.54) is 4.90 Å². The van der Waals surface area contributed by atoms with Crippen molar-refractivity contribution < 1.29 is 18.0 Å². The summed E-state index contributed by atoms with van der Waals surface area (Å²) < 4.78 is 26.3. The predicted molar refractivity (Wildman–Crippen MR) is 132 cm³/mol. The van der Waals surface area contributed by atoms with Crippen LogP contribution >= 0.6 is 0 Å². The summed E-state index contributed by atoms with van der Waals surface area (Å²) >= 11 is 0. The number of carbonyl (C=O) groups is 2. The summed E-state index contributed by atoms with van der Waals surface area (Å²) in [6.45, 7) is 10.8. The molecule has 0 bridgehead atoms. The molecule has 0 unspecified atom stereocenters. The molecule has 2 amide bonds. The van der Waals surface area contributed by atoms with Crippen LogP contribution < -0.4 is 9.62 Å². The number of rotatable bonds is 8. The van der Waals surface area contributed by atoms with E-state index < -0.39 is 34.1 Å². The lowest BCUT2D eigenvalue weighted by atomic mass is 10.1. The zero-order chi connectivity index (χ0) is 25.0. The monoisotopic (exact) mass is 473 g/mol. The SMILES string of the molecule is Cc1cccc(CN(C(=O)CN(c2ccccc2C)S(C)(=O)=O)[C@@H](C)C(=O)NC(C)(C)C)c1. The van der Waals surface area contributed by atoms with Gasteiger partial charge in [-0.1, -0.05) is 48.0 Å². The maximum atomic E-state index is 13.5. The molecule has 0 aromatic heterocycles. The van der Waals surface area contributed by atoms with Crippen LogP contribution in [0.5, 0.6) is 0 Å². The van der Waals surface area contributed by atoms with Gasteiger partial charge in [0, 0.05) is 12.1 Å². The first-order valence-corrected chi connectivity index (χ1v) is 12.7. The molecule has 0 radical (unpaired) electrons. The van der Waals surface area contributed by atoms with Crippen LogP contribution in [0.4, 0.5) is 5.69 Å². The maximum absolute atomic E-state index is 13.5. The molecule has 1 atom stereocenters. The van der Waals surface area contributed by atoms with Crippen LogP contribution in [0.1, 0.15) is 44.4 Å². The second-order valence-corrected chi connectivity index (χ2v) is 11.4. The third-order valence-electron chi connectivity index (χ3n) is 5.16. The van der Waals surface area contributed by atoms with Gasteiger partial charge >= 0.3 is 0 Å². The van der Waals surface area contributed by atoms with Gasteiger partial charge in [-0.05, 0) is 58.7 Å². The van der Waals surface area contributed by atoms with Crippen molar-refractivity contribution in [3.63, 3.8) is 0 Å². The maximum Gasteiger partial charge on any atom is 0.244 e. The molecule has 0 heterocycles. The van der Waals surface area contributed by atoms with Crippen molar-refractivity contribution in [3.8, 4) is 0 Å². The molecule has 0 spiro atoms. The molecular formula is C25H35N3O4S. The molecule has 2 aromatic rings. The van der Waals surface area contributed by atoms with Gasteiger partial charge in [-0.25, -0.2) is 8.42 Å². The van der Waals surface area contributed by atoms with Crippen molar-refractivity contribution in [2.75, 3.05) is 17.1 Å². The van der Waals surface area contributed by atoms with E-state index in [0.717, 1.165) is 27.3 Å². The molecule has 0 saturated heterocycles. The van der Waals surface area contributed by atoms with Crippen LogP contribution in [-0.2, 0) is 26.2 Å². The lowest BCUT2D eigenvalue weighted by Gasteiger charge is -2.33. The quantitative estimate of drug-likeness (QED) is 0.637. The van der Waals surface area contributed by atoms with Gasteiger partial charge in [0.05, 0.1) is 11.9 Å². The van der Waals surface area contributed by atoms with Gasteiger partial charge in [0.15, 0.2) is 0 Å². The fourth-order valence-corrected chi connectivity index (χ4v) is 4.41. The Hall–Kier alpha value is -2.87. The van der Waals surface area contributed by atoms with Crippen LogP contribution in [-0.4, -0.2) is 49.5 Å². The molecule has 0 aliphatic carbocycles. The molecule has 0 fully saturated rings. The van der Waals surface area contributed by atoms with Crippen LogP contribution in [0.15, 0.2) is 48.5 Å². The third-order valence-corrected chi connectivity index (χ3v) is 6.29. The number of aryl methyl sites for hydroxylation is 2. The van der Waals surface area contributed by atoms with Crippen LogP contribution in [0.3, 0.4) is 0 Å². The van der Waals surface area contributed by atoms with Gasteiger partial charge in [-0.2, -0.15) is 0 Å². The van der Waals surface area contributed by atoms with E-state index in [0.29, 0.717) is 5.69 Å². The van der Waals surface area contributed by atoms with Crippen molar-refractivity contribution in [2.45, 2.75) is 59.7 Å². The van der Waals surface area contributed by atoms with Crippen LogP contribution in [0.2, 0.25) is 0 Å². The summed E-state index contributed by atoms with van der Waals surface area (Å²) in [5.41, 5.74) is 2.60. The molecule has 180 valence electrons. The fourth-order valence-electron chi connectivity index (χ4n) is 3.50. The second-order valence-electron chi connectivity index (χ2n) is 9.48. The number of benzene rings is 2. The van der Waals surface area contributed by atoms with Crippen molar-refractivity contribution in [2.24, 2.45) is 0 Å². The van der Waals surface area contributed by atoms with Crippen LogP contribution in [0, 0.1) is 13.8 Å². The first-order valence-electron chi connectivity index (χ1n) is 10.9. The van der Waals surface area contributed by atoms with E-state index in [1.807, 2.05) is 58.0 Å². The molecule has 1 N–H and O–H groups in total. The highest BCUT2D eigenvalue weighted by molar-refractivity contribution is 7.92. The van der Waals surface area contributed by atoms with E-state index in [2.05, 4.69) is 5.32 Å². The summed E-state index contributed by atoms with van der Waals surface area (Å²) in [6, 6.07) is 13.9. The molecule has 0 aliphatic rings. The number of para-hydroxylation sites is 1. The number of sulfonamides is 1. The summed E-state index contributed by atoms with van der Waals surface area (Å²) in [5, 5.41) is 2.91. The van der Waals surface area contributed by atoms with E-state index in [4.69, 9.17) is 0 Å². The number of hydrogen-bond acceptors (Lipinski definition) is 4. The highest BCUT2D eigenvalue weighted by Crippen LogP contribution is 2.23. The normalized spacial score (nSPS) is 12.7. The first kappa shape index (κ1) is 26.4. The molecule has 2 aromatic carbocycles. The standard InChI is InChI=1S/C25H35N3O4S/c1-18-11-10-13-21(15-18)16-27(20(3)24(30)26-25(4,5)6)23(29)17-28(33(7,31)32)22-14-9-8-12-19(22)2/h8-15,20H,16-17H2,1-7H3,(H,26,30)/t20-/m0/s1. The largest absolute Gasteiger partial charge is 0.350 e. The number of amides is 2. The Kier molecular flexibility index (Phi) is 8.30. The Morgan fingerprint density at radius 1 is 1.03 bits per heavy atom. The Bertz CT molecular complexity index is 1110. The van der Waals surface area contributed by atoms with E-state index in [9.17, 15) is 18.0 Å². The second kappa shape index (κ2) is 10.4. The minimum atomic E-state index is -3.74. The van der Waals surface area contributed by atoms with Gasteiger partial charge in [0.25, 0.3) is 0 Å². The summed E-state index contributed by atoms with van der Waals surface area (Å²) in [6.07, 6.45) is 1.08. The van der Waals surface area contributed by atoms with Crippen molar-refractivity contribution >= 4 is 27.5 Å². The topological polar surface area (TPSA) is 86.8 Å².